The molecule has 2 N–H and O–H groups in total. The zero-order chi connectivity index (χ0) is 17.3. The molecule has 0 spiro atoms. The number of hydrogen-bond acceptors (Lipinski definition) is 3. The molecule has 0 aromatic carbocycles. The Kier molecular flexibility index (Phi) is 9.70. The maximum Gasteiger partial charge on any atom is 0.328 e. The summed E-state index contributed by atoms with van der Waals surface area (Å²) in [7, 11) is 0. The van der Waals surface area contributed by atoms with Crippen LogP contribution in [0.25, 0.3) is 0 Å². The molecule has 0 bridgehead atoms. The van der Waals surface area contributed by atoms with Gasteiger partial charge in [-0.2, -0.15) is 0 Å². The van der Waals surface area contributed by atoms with Gasteiger partial charge in [0.25, 0.3) is 0 Å². The first-order valence-electron chi connectivity index (χ1n) is 8.47. The number of hydrogen-bond donors (Lipinski definition) is 2. The van der Waals surface area contributed by atoms with Gasteiger partial charge in [-0.05, 0) is 24.7 Å². The van der Waals surface area contributed by atoms with E-state index in [0.717, 1.165) is 12.8 Å². The molecule has 4 atom stereocenters. The fraction of sp³-hybridized carbons (Fsp3) is 0.824. The summed E-state index contributed by atoms with van der Waals surface area (Å²) in [6, 6.07) is -0.710. The Morgan fingerprint density at radius 2 is 1.00 bits per heavy atom. The standard InChI is InChI=1S/C17H32N2O3/c1-7-11(5)13(9-3)15(20)18-17(22)19-16(21)14(10-4)12(6)8-2/h11-14H,7-10H2,1-6H3,(H2,18,19,20,21,22)/t11-,12-,13-,14+/m0/s1. The quantitative estimate of drug-likeness (QED) is 0.720. The predicted molar refractivity (Wildman–Crippen MR) is 88.2 cm³/mol. The highest BCUT2D eigenvalue weighted by molar-refractivity contribution is 6.03. The van der Waals surface area contributed by atoms with Crippen molar-refractivity contribution in [3.63, 3.8) is 0 Å². The Bertz CT molecular complexity index is 348. The first-order chi connectivity index (χ1) is 10.3. The van der Waals surface area contributed by atoms with Crippen LogP contribution in [0.1, 0.15) is 67.2 Å². The van der Waals surface area contributed by atoms with Gasteiger partial charge in [0.2, 0.25) is 11.8 Å². The third-order valence-corrected chi connectivity index (χ3v) is 4.69. The lowest BCUT2D eigenvalue weighted by Crippen LogP contribution is -2.48. The van der Waals surface area contributed by atoms with E-state index < -0.39 is 6.03 Å². The van der Waals surface area contributed by atoms with E-state index in [2.05, 4.69) is 10.6 Å². The third kappa shape index (κ3) is 6.16. The molecule has 0 rings (SSSR count). The van der Waals surface area contributed by atoms with Crippen LogP contribution in [0.4, 0.5) is 4.79 Å². The van der Waals surface area contributed by atoms with Crippen LogP contribution >= 0.6 is 0 Å². The summed E-state index contributed by atoms with van der Waals surface area (Å²) in [6.45, 7) is 11.9. The van der Waals surface area contributed by atoms with Gasteiger partial charge in [-0.1, -0.05) is 54.4 Å². The molecular weight excluding hydrogens is 280 g/mol. The van der Waals surface area contributed by atoms with Crippen molar-refractivity contribution >= 4 is 17.8 Å². The largest absolute Gasteiger partial charge is 0.328 e. The van der Waals surface area contributed by atoms with Crippen molar-refractivity contribution in [3.05, 3.63) is 0 Å². The van der Waals surface area contributed by atoms with E-state index in [9.17, 15) is 14.4 Å². The maximum atomic E-state index is 12.1. The van der Waals surface area contributed by atoms with E-state index in [-0.39, 0.29) is 35.5 Å². The van der Waals surface area contributed by atoms with Gasteiger partial charge in [0, 0.05) is 11.8 Å². The molecule has 5 heteroatoms. The molecule has 0 aliphatic carbocycles. The Labute approximate surface area is 134 Å². The van der Waals surface area contributed by atoms with Gasteiger partial charge < -0.3 is 0 Å². The summed E-state index contributed by atoms with van der Waals surface area (Å²) >= 11 is 0. The van der Waals surface area contributed by atoms with Crippen LogP contribution < -0.4 is 10.6 Å². The number of carbonyl (C=O) groups excluding carboxylic acids is 3. The molecule has 0 unspecified atom stereocenters. The minimum Gasteiger partial charge on any atom is -0.278 e. The average Bonchev–Trinajstić information content (AvgIpc) is 2.47. The van der Waals surface area contributed by atoms with E-state index in [0.29, 0.717) is 12.8 Å². The van der Waals surface area contributed by atoms with Crippen LogP contribution in [-0.2, 0) is 9.59 Å². The van der Waals surface area contributed by atoms with E-state index in [1.807, 2.05) is 41.5 Å². The fourth-order valence-corrected chi connectivity index (χ4v) is 2.70. The molecule has 0 heterocycles. The van der Waals surface area contributed by atoms with Crippen LogP contribution in [0.5, 0.6) is 0 Å². The van der Waals surface area contributed by atoms with Crippen molar-refractivity contribution in [1.29, 1.82) is 0 Å². The Morgan fingerprint density at radius 1 is 0.682 bits per heavy atom. The Balaban J connectivity index is 4.61. The topological polar surface area (TPSA) is 75.3 Å². The molecule has 0 aliphatic rings. The summed E-state index contributed by atoms with van der Waals surface area (Å²) in [5.41, 5.74) is 0. The van der Waals surface area contributed by atoms with Gasteiger partial charge >= 0.3 is 6.03 Å². The first kappa shape index (κ1) is 20.6. The smallest absolute Gasteiger partial charge is 0.278 e. The fourth-order valence-electron chi connectivity index (χ4n) is 2.70. The van der Waals surface area contributed by atoms with Crippen LogP contribution in [0.2, 0.25) is 0 Å². The number of rotatable bonds is 8. The molecule has 128 valence electrons. The molecular formula is C17H32N2O3. The number of carbonyl (C=O) groups is 3. The van der Waals surface area contributed by atoms with Crippen LogP contribution in [0, 0.1) is 23.7 Å². The predicted octanol–water partition coefficient (Wildman–Crippen LogP) is 3.48. The second kappa shape index (κ2) is 10.4. The minimum absolute atomic E-state index is 0.206. The summed E-state index contributed by atoms with van der Waals surface area (Å²) in [5.74, 6) is -0.615. The normalized spacial score (nSPS) is 16.3. The van der Waals surface area contributed by atoms with Crippen molar-refractivity contribution in [3.8, 4) is 0 Å². The van der Waals surface area contributed by atoms with E-state index >= 15 is 0 Å². The second-order valence-electron chi connectivity index (χ2n) is 6.11. The minimum atomic E-state index is -0.710. The molecule has 0 radical (unpaired) electrons. The summed E-state index contributed by atoms with van der Waals surface area (Å²) in [5, 5.41) is 4.61. The SMILES string of the molecule is CC[C@H](C(=O)NC(=O)NC(=O)[C@H](CC)[C@@H](C)CC)[C@@H](C)CC. The zero-order valence-electron chi connectivity index (χ0n) is 14.9. The number of nitrogens with one attached hydrogen (secondary N) is 2. The zero-order valence-corrected chi connectivity index (χ0v) is 14.9. The van der Waals surface area contributed by atoms with Gasteiger partial charge in [0.05, 0.1) is 0 Å². The third-order valence-electron chi connectivity index (χ3n) is 4.69. The van der Waals surface area contributed by atoms with Crippen molar-refractivity contribution in [2.24, 2.45) is 23.7 Å². The molecule has 0 fully saturated rings. The van der Waals surface area contributed by atoms with Gasteiger partial charge in [-0.15, -0.1) is 0 Å². The lowest BCUT2D eigenvalue weighted by molar-refractivity contribution is -0.126. The Hall–Kier alpha value is -1.39. The number of urea groups is 1. The molecule has 4 amide bonds. The van der Waals surface area contributed by atoms with Gasteiger partial charge in [-0.25, -0.2) is 4.79 Å². The molecule has 0 saturated heterocycles. The van der Waals surface area contributed by atoms with E-state index in [1.165, 1.54) is 0 Å². The molecule has 5 nitrogen and oxygen atoms in total. The van der Waals surface area contributed by atoms with Crippen molar-refractivity contribution in [1.82, 2.24) is 10.6 Å². The molecule has 22 heavy (non-hydrogen) atoms. The maximum absolute atomic E-state index is 12.1. The molecule has 0 aliphatic heterocycles. The molecule has 0 aromatic rings. The highest BCUT2D eigenvalue weighted by atomic mass is 16.2. The van der Waals surface area contributed by atoms with Gasteiger partial charge in [0.15, 0.2) is 0 Å². The number of imide groups is 2. The van der Waals surface area contributed by atoms with Crippen LogP contribution in [0.15, 0.2) is 0 Å². The Morgan fingerprint density at radius 3 is 1.23 bits per heavy atom. The lowest BCUT2D eigenvalue weighted by Gasteiger charge is -2.22. The van der Waals surface area contributed by atoms with Crippen molar-refractivity contribution < 1.29 is 14.4 Å². The summed E-state index contributed by atoms with van der Waals surface area (Å²) in [4.78, 5) is 36.1. The van der Waals surface area contributed by atoms with Crippen LogP contribution in [0.3, 0.4) is 0 Å². The van der Waals surface area contributed by atoms with Gasteiger partial charge in [-0.3, -0.25) is 20.2 Å². The highest BCUT2D eigenvalue weighted by Crippen LogP contribution is 2.19. The average molecular weight is 312 g/mol. The number of amides is 4. The summed E-state index contributed by atoms with van der Waals surface area (Å²) in [6.07, 6.45) is 3.09. The molecule has 0 saturated carbocycles. The second-order valence-corrected chi connectivity index (χ2v) is 6.11. The lowest BCUT2D eigenvalue weighted by atomic mass is 9.88. The summed E-state index contributed by atoms with van der Waals surface area (Å²) < 4.78 is 0. The van der Waals surface area contributed by atoms with Crippen molar-refractivity contribution in [2.75, 3.05) is 0 Å². The van der Waals surface area contributed by atoms with E-state index in [4.69, 9.17) is 0 Å². The van der Waals surface area contributed by atoms with Crippen molar-refractivity contribution in [2.45, 2.75) is 67.2 Å². The monoisotopic (exact) mass is 312 g/mol. The molecule has 0 aromatic heterocycles. The van der Waals surface area contributed by atoms with Crippen LogP contribution in [-0.4, -0.2) is 17.8 Å². The van der Waals surface area contributed by atoms with E-state index in [1.54, 1.807) is 0 Å². The first-order valence-corrected chi connectivity index (χ1v) is 8.47. The highest BCUT2D eigenvalue weighted by Gasteiger charge is 2.27. The van der Waals surface area contributed by atoms with Gasteiger partial charge in [0.1, 0.15) is 0 Å².